The summed E-state index contributed by atoms with van der Waals surface area (Å²) in [5.74, 6) is -5.04. The average Bonchev–Trinajstić information content (AvgIpc) is 3.23. The maximum Gasteiger partial charge on any atom is 0.490 e. The van der Waals surface area contributed by atoms with E-state index in [0.717, 1.165) is 45.4 Å². The molecule has 0 bridgehead atoms. The molecule has 15 heteroatoms. The van der Waals surface area contributed by atoms with Crippen molar-refractivity contribution in [1.82, 2.24) is 14.8 Å². The highest BCUT2D eigenvalue weighted by Crippen LogP contribution is 2.28. The normalized spacial score (nSPS) is 20.4. The minimum atomic E-state index is -5.08. The number of alkyl halides is 6. The van der Waals surface area contributed by atoms with Crippen LogP contribution in [-0.2, 0) is 25.5 Å². The van der Waals surface area contributed by atoms with Gasteiger partial charge in [-0.1, -0.05) is 0 Å². The Morgan fingerprint density at radius 1 is 0.973 bits per heavy atom. The Morgan fingerprint density at radius 3 is 1.84 bits per heavy atom. The minimum absolute atomic E-state index is 0.143. The van der Waals surface area contributed by atoms with Gasteiger partial charge in [0.1, 0.15) is 0 Å². The summed E-state index contributed by atoms with van der Waals surface area (Å²) in [6, 6.07) is 4.79. The highest BCUT2D eigenvalue weighted by Gasteiger charge is 2.41. The minimum Gasteiger partial charge on any atom is -0.475 e. The van der Waals surface area contributed by atoms with E-state index in [1.165, 1.54) is 5.56 Å². The Labute approximate surface area is 209 Å². The van der Waals surface area contributed by atoms with Crippen LogP contribution in [-0.4, -0.2) is 101 Å². The van der Waals surface area contributed by atoms with E-state index < -0.39 is 24.3 Å². The summed E-state index contributed by atoms with van der Waals surface area (Å²) >= 11 is 0. The maximum absolute atomic E-state index is 13.0. The molecule has 0 spiro atoms. The number of aromatic nitrogens is 1. The first-order valence-corrected chi connectivity index (χ1v) is 11.1. The van der Waals surface area contributed by atoms with Crippen LogP contribution >= 0.6 is 0 Å². The van der Waals surface area contributed by atoms with Gasteiger partial charge in [-0.15, -0.1) is 0 Å². The monoisotopic (exact) mass is 545 g/mol. The topological polar surface area (TPSA) is 120 Å². The second-order valence-electron chi connectivity index (χ2n) is 8.47. The van der Waals surface area contributed by atoms with Gasteiger partial charge in [0.25, 0.3) is 0 Å². The Kier molecular flexibility index (Phi) is 12.2. The van der Waals surface area contributed by atoms with Crippen LogP contribution < -0.4 is 0 Å². The number of carbonyl (C=O) groups is 3. The summed E-state index contributed by atoms with van der Waals surface area (Å²) in [5.41, 5.74) is 1.25. The fourth-order valence-corrected chi connectivity index (χ4v) is 3.90. The molecule has 1 aromatic heterocycles. The summed E-state index contributed by atoms with van der Waals surface area (Å²) in [4.78, 5) is 39.3. The summed E-state index contributed by atoms with van der Waals surface area (Å²) in [6.07, 6.45) is -2.81. The van der Waals surface area contributed by atoms with Crippen LogP contribution in [0.15, 0.2) is 24.5 Å². The summed E-state index contributed by atoms with van der Waals surface area (Å²) < 4.78 is 68.9. The lowest BCUT2D eigenvalue weighted by atomic mass is 9.96. The van der Waals surface area contributed by atoms with Gasteiger partial charge in [0.15, 0.2) is 0 Å². The molecule has 2 aliphatic heterocycles. The fraction of sp³-hybridized carbons (Fsp3) is 0.636. The van der Waals surface area contributed by atoms with Gasteiger partial charge in [-0.3, -0.25) is 9.78 Å². The van der Waals surface area contributed by atoms with E-state index in [0.29, 0.717) is 11.9 Å². The molecular formula is C22H29F6N3O6. The van der Waals surface area contributed by atoms with Gasteiger partial charge in [0.2, 0.25) is 5.91 Å². The molecule has 0 aromatic carbocycles. The van der Waals surface area contributed by atoms with E-state index >= 15 is 0 Å². The number of pyridine rings is 1. The Hall–Kier alpha value is -2.94. The van der Waals surface area contributed by atoms with Gasteiger partial charge < -0.3 is 24.7 Å². The van der Waals surface area contributed by atoms with Crippen LogP contribution in [0.2, 0.25) is 0 Å². The molecule has 0 saturated carbocycles. The molecule has 210 valence electrons. The molecule has 1 aromatic rings. The van der Waals surface area contributed by atoms with E-state index in [9.17, 15) is 31.1 Å². The number of aliphatic carboxylic acids is 2. The zero-order valence-corrected chi connectivity index (χ0v) is 20.1. The number of nitrogens with zero attached hydrogens (tertiary/aromatic N) is 3. The molecule has 37 heavy (non-hydrogen) atoms. The number of likely N-dealkylation sites (N-methyl/N-ethyl adjacent to an activating group) is 1. The summed E-state index contributed by atoms with van der Waals surface area (Å²) in [7, 11) is 4.24. The summed E-state index contributed by atoms with van der Waals surface area (Å²) in [5, 5.41) is 14.2. The van der Waals surface area contributed by atoms with Crippen molar-refractivity contribution >= 4 is 17.8 Å². The van der Waals surface area contributed by atoms with E-state index in [-0.39, 0.29) is 12.0 Å². The van der Waals surface area contributed by atoms with E-state index in [2.05, 4.69) is 41.0 Å². The molecule has 1 amide bonds. The molecule has 9 nitrogen and oxygen atoms in total. The van der Waals surface area contributed by atoms with Crippen molar-refractivity contribution in [1.29, 1.82) is 0 Å². The first kappa shape index (κ1) is 32.1. The van der Waals surface area contributed by atoms with Crippen LogP contribution in [0, 0.1) is 5.92 Å². The average molecular weight is 545 g/mol. The van der Waals surface area contributed by atoms with Crippen molar-refractivity contribution < 1.29 is 55.7 Å². The Balaban J connectivity index is 0.000000404. The van der Waals surface area contributed by atoms with Crippen LogP contribution in [0.4, 0.5) is 26.3 Å². The fourth-order valence-electron chi connectivity index (χ4n) is 3.90. The standard InChI is InChI=1S/C18H27N3O2.2C2HF3O2/c1-20(2)16-5-10-21(18(22)15-6-11-23-12-7-15)17(16)13-14-3-8-19-9-4-14;2*3-2(4,5)1(6)7/h3-4,8-9,15-17H,5-7,10-13H2,1-2H3;2*(H,6,7)/t16-,17+;;/m1../s1. The highest BCUT2D eigenvalue weighted by molar-refractivity contribution is 5.79. The molecule has 2 aliphatic rings. The predicted molar refractivity (Wildman–Crippen MR) is 116 cm³/mol. The molecule has 3 heterocycles. The SMILES string of the molecule is CN(C)[C@@H]1CCN(C(=O)C2CCOCC2)[C@H]1Cc1ccncc1.O=C(O)C(F)(F)F.O=C(O)C(F)(F)F. The lowest BCUT2D eigenvalue weighted by Crippen LogP contribution is -2.48. The summed E-state index contributed by atoms with van der Waals surface area (Å²) in [6.45, 7) is 2.31. The molecule has 2 atom stereocenters. The molecule has 0 radical (unpaired) electrons. The van der Waals surface area contributed by atoms with Crippen LogP contribution in [0.3, 0.4) is 0 Å². The largest absolute Gasteiger partial charge is 0.490 e. The van der Waals surface area contributed by atoms with Crippen molar-refractivity contribution in [2.24, 2.45) is 5.92 Å². The zero-order valence-electron chi connectivity index (χ0n) is 20.1. The molecule has 2 fully saturated rings. The smallest absolute Gasteiger partial charge is 0.475 e. The van der Waals surface area contributed by atoms with Gasteiger partial charge in [0, 0.05) is 44.1 Å². The van der Waals surface area contributed by atoms with E-state index in [1.807, 2.05) is 12.4 Å². The maximum atomic E-state index is 13.0. The van der Waals surface area contributed by atoms with E-state index in [1.54, 1.807) is 0 Å². The van der Waals surface area contributed by atoms with Crippen LogP contribution in [0.1, 0.15) is 24.8 Å². The van der Waals surface area contributed by atoms with E-state index in [4.69, 9.17) is 24.5 Å². The predicted octanol–water partition coefficient (Wildman–Crippen LogP) is 2.85. The van der Waals surface area contributed by atoms with Gasteiger partial charge in [-0.25, -0.2) is 9.59 Å². The Bertz CT molecular complexity index is 852. The third kappa shape index (κ3) is 10.9. The van der Waals surface area contributed by atoms with Gasteiger partial charge in [-0.2, -0.15) is 26.3 Å². The van der Waals surface area contributed by atoms with Crippen LogP contribution in [0.25, 0.3) is 0 Å². The molecule has 2 saturated heterocycles. The number of hydrogen-bond donors (Lipinski definition) is 2. The third-order valence-corrected chi connectivity index (χ3v) is 5.71. The quantitative estimate of drug-likeness (QED) is 0.555. The third-order valence-electron chi connectivity index (χ3n) is 5.71. The first-order valence-electron chi connectivity index (χ1n) is 11.1. The zero-order chi connectivity index (χ0) is 28.4. The van der Waals surface area contributed by atoms with Gasteiger partial charge in [-0.05, 0) is 57.5 Å². The van der Waals surface area contributed by atoms with Crippen molar-refractivity contribution in [3.05, 3.63) is 30.1 Å². The number of likely N-dealkylation sites (tertiary alicyclic amines) is 1. The molecule has 3 rings (SSSR count). The lowest BCUT2D eigenvalue weighted by Gasteiger charge is -2.34. The van der Waals surface area contributed by atoms with Gasteiger partial charge >= 0.3 is 24.3 Å². The first-order chi connectivity index (χ1) is 17.1. The molecular weight excluding hydrogens is 516 g/mol. The van der Waals surface area contributed by atoms with Crippen LogP contribution in [0.5, 0.6) is 0 Å². The second kappa shape index (κ2) is 14.1. The number of amides is 1. The molecule has 0 aliphatic carbocycles. The van der Waals surface area contributed by atoms with Crippen molar-refractivity contribution in [2.75, 3.05) is 33.9 Å². The highest BCUT2D eigenvalue weighted by atomic mass is 19.4. The van der Waals surface area contributed by atoms with Crippen molar-refractivity contribution in [2.45, 2.75) is 50.1 Å². The number of ether oxygens (including phenoxy) is 1. The number of hydrogen-bond acceptors (Lipinski definition) is 6. The molecule has 2 N–H and O–H groups in total. The number of carboxylic acids is 2. The van der Waals surface area contributed by atoms with Gasteiger partial charge in [0.05, 0.1) is 6.04 Å². The lowest BCUT2D eigenvalue weighted by molar-refractivity contribution is -0.193. The number of carboxylic acid groups (broad SMARTS) is 2. The van der Waals surface area contributed by atoms with Crippen molar-refractivity contribution in [3.63, 3.8) is 0 Å². The Morgan fingerprint density at radius 2 is 1.43 bits per heavy atom. The van der Waals surface area contributed by atoms with Crippen molar-refractivity contribution in [3.8, 4) is 0 Å². The second-order valence-corrected chi connectivity index (χ2v) is 8.47. The number of halogens is 6. The number of carbonyl (C=O) groups excluding carboxylic acids is 1. The number of rotatable bonds is 4. The molecule has 0 unspecified atom stereocenters.